The molecule has 0 aromatic rings. The maximum Gasteiger partial charge on any atom is 0.324 e. The van der Waals surface area contributed by atoms with E-state index in [2.05, 4.69) is 4.74 Å². The van der Waals surface area contributed by atoms with E-state index in [1.807, 2.05) is 11.9 Å². The molecule has 2 N–H and O–H groups in total. The van der Waals surface area contributed by atoms with Crippen LogP contribution >= 0.6 is 0 Å². The van der Waals surface area contributed by atoms with E-state index < -0.39 is 0 Å². The van der Waals surface area contributed by atoms with Crippen LogP contribution in [0.1, 0.15) is 6.42 Å². The van der Waals surface area contributed by atoms with Crippen molar-refractivity contribution in [2.45, 2.75) is 18.5 Å². The highest BCUT2D eigenvalue weighted by molar-refractivity contribution is 5.75. The highest BCUT2D eigenvalue weighted by Crippen LogP contribution is 2.13. The summed E-state index contributed by atoms with van der Waals surface area (Å²) < 4.78 is 9.93. The average molecular weight is 202 g/mol. The summed E-state index contributed by atoms with van der Waals surface area (Å²) in [6, 6.07) is -0.0747. The van der Waals surface area contributed by atoms with E-state index in [9.17, 15) is 4.79 Å². The summed E-state index contributed by atoms with van der Waals surface area (Å²) in [5.41, 5.74) is 5.53. The van der Waals surface area contributed by atoms with Crippen LogP contribution in [0.5, 0.6) is 0 Å². The fraction of sp³-hybridized carbons (Fsp3) is 0.889. The first-order valence-electron chi connectivity index (χ1n) is 4.78. The van der Waals surface area contributed by atoms with Crippen molar-refractivity contribution in [2.24, 2.45) is 5.73 Å². The standard InChI is InChI=1S/C9H18N2O3/c1-11(7-3-4-14-6-7)8(5-10)9(12)13-2/h7-8H,3-6,10H2,1-2H3. The molecule has 0 bridgehead atoms. The van der Waals surface area contributed by atoms with Crippen molar-refractivity contribution in [1.82, 2.24) is 4.90 Å². The van der Waals surface area contributed by atoms with Gasteiger partial charge in [0, 0.05) is 19.2 Å². The minimum atomic E-state index is -0.355. The van der Waals surface area contributed by atoms with Gasteiger partial charge in [-0.15, -0.1) is 0 Å². The number of likely N-dealkylation sites (N-methyl/N-ethyl adjacent to an activating group) is 1. The Labute approximate surface area is 84.1 Å². The topological polar surface area (TPSA) is 64.8 Å². The molecule has 14 heavy (non-hydrogen) atoms. The number of ether oxygens (including phenoxy) is 2. The number of carbonyl (C=O) groups is 1. The Balaban J connectivity index is 2.54. The van der Waals surface area contributed by atoms with Crippen molar-refractivity contribution in [3.05, 3.63) is 0 Å². The van der Waals surface area contributed by atoms with Gasteiger partial charge in [-0.1, -0.05) is 0 Å². The zero-order valence-corrected chi connectivity index (χ0v) is 8.73. The normalized spacial score (nSPS) is 23.9. The fourth-order valence-electron chi connectivity index (χ4n) is 1.66. The van der Waals surface area contributed by atoms with Gasteiger partial charge in [-0.05, 0) is 13.5 Å². The number of rotatable bonds is 4. The summed E-state index contributed by atoms with van der Waals surface area (Å²) in [7, 11) is 3.26. The average Bonchev–Trinajstić information content (AvgIpc) is 2.71. The summed E-state index contributed by atoms with van der Waals surface area (Å²) in [6.07, 6.45) is 0.948. The highest BCUT2D eigenvalue weighted by atomic mass is 16.5. The van der Waals surface area contributed by atoms with Gasteiger partial charge in [-0.3, -0.25) is 9.69 Å². The second-order valence-corrected chi connectivity index (χ2v) is 3.46. The van der Waals surface area contributed by atoms with E-state index >= 15 is 0 Å². The van der Waals surface area contributed by atoms with Crippen LogP contribution in [0, 0.1) is 0 Å². The molecule has 1 aliphatic heterocycles. The van der Waals surface area contributed by atoms with Gasteiger partial charge >= 0.3 is 5.97 Å². The zero-order chi connectivity index (χ0) is 10.6. The van der Waals surface area contributed by atoms with E-state index in [-0.39, 0.29) is 24.6 Å². The molecule has 0 aliphatic carbocycles. The molecule has 1 rings (SSSR count). The molecule has 0 radical (unpaired) electrons. The Bertz CT molecular complexity index is 192. The molecule has 1 aliphatic rings. The Hall–Kier alpha value is -0.650. The lowest BCUT2D eigenvalue weighted by molar-refractivity contribution is -0.146. The van der Waals surface area contributed by atoms with E-state index in [1.165, 1.54) is 7.11 Å². The van der Waals surface area contributed by atoms with Crippen LogP contribution in [0.2, 0.25) is 0 Å². The van der Waals surface area contributed by atoms with Crippen LogP contribution in [0.15, 0.2) is 0 Å². The molecule has 5 heteroatoms. The minimum Gasteiger partial charge on any atom is -0.468 e. The molecule has 2 unspecified atom stereocenters. The molecule has 0 amide bonds. The largest absolute Gasteiger partial charge is 0.468 e. The first-order chi connectivity index (χ1) is 6.70. The van der Waals surface area contributed by atoms with Crippen LogP contribution in [0.25, 0.3) is 0 Å². The molecule has 1 heterocycles. The van der Waals surface area contributed by atoms with Crippen LogP contribution in [0.4, 0.5) is 0 Å². The molecule has 0 aromatic heterocycles. The van der Waals surface area contributed by atoms with E-state index in [4.69, 9.17) is 10.5 Å². The van der Waals surface area contributed by atoms with Crippen LogP contribution in [0.3, 0.4) is 0 Å². The molecular weight excluding hydrogens is 184 g/mol. The third-order valence-corrected chi connectivity index (χ3v) is 2.67. The maximum atomic E-state index is 11.4. The molecule has 0 saturated carbocycles. The number of nitrogens with two attached hydrogens (primary N) is 1. The monoisotopic (exact) mass is 202 g/mol. The number of nitrogens with zero attached hydrogens (tertiary/aromatic N) is 1. The van der Waals surface area contributed by atoms with Crippen LogP contribution in [-0.4, -0.2) is 56.9 Å². The lowest BCUT2D eigenvalue weighted by Gasteiger charge is -2.29. The molecule has 1 saturated heterocycles. The lowest BCUT2D eigenvalue weighted by Crippen LogP contribution is -2.49. The number of carbonyl (C=O) groups excluding carboxylic acids is 1. The molecule has 0 aromatic carbocycles. The summed E-state index contributed by atoms with van der Waals surface area (Å²) in [5, 5.41) is 0. The maximum absolute atomic E-state index is 11.4. The second-order valence-electron chi connectivity index (χ2n) is 3.46. The van der Waals surface area contributed by atoms with Crippen molar-refractivity contribution in [3.8, 4) is 0 Å². The van der Waals surface area contributed by atoms with Crippen molar-refractivity contribution < 1.29 is 14.3 Å². The SMILES string of the molecule is COC(=O)C(CN)N(C)C1CCOC1. The second kappa shape index (κ2) is 5.29. The smallest absolute Gasteiger partial charge is 0.324 e. The summed E-state index contributed by atoms with van der Waals surface area (Å²) in [4.78, 5) is 13.3. The minimum absolute atomic E-state index is 0.276. The summed E-state index contributed by atoms with van der Waals surface area (Å²) in [5.74, 6) is -0.276. The van der Waals surface area contributed by atoms with Crippen molar-refractivity contribution >= 4 is 5.97 Å². The highest BCUT2D eigenvalue weighted by Gasteiger charge is 2.30. The van der Waals surface area contributed by atoms with Gasteiger partial charge in [0.25, 0.3) is 0 Å². The van der Waals surface area contributed by atoms with E-state index in [0.29, 0.717) is 6.61 Å². The van der Waals surface area contributed by atoms with Gasteiger partial charge in [0.1, 0.15) is 6.04 Å². The third kappa shape index (κ3) is 2.43. The van der Waals surface area contributed by atoms with Crippen molar-refractivity contribution in [2.75, 3.05) is 33.9 Å². The van der Waals surface area contributed by atoms with Gasteiger partial charge < -0.3 is 15.2 Å². The van der Waals surface area contributed by atoms with Crippen LogP contribution in [-0.2, 0) is 14.3 Å². The predicted molar refractivity (Wildman–Crippen MR) is 51.8 cm³/mol. The summed E-state index contributed by atoms with van der Waals surface area (Å²) >= 11 is 0. The van der Waals surface area contributed by atoms with E-state index in [0.717, 1.165) is 13.0 Å². The molecule has 82 valence electrons. The van der Waals surface area contributed by atoms with Gasteiger partial charge in [-0.2, -0.15) is 0 Å². The number of esters is 1. The van der Waals surface area contributed by atoms with Gasteiger partial charge in [0.15, 0.2) is 0 Å². The number of hydrogen-bond donors (Lipinski definition) is 1. The van der Waals surface area contributed by atoms with Crippen LogP contribution < -0.4 is 5.73 Å². The molecular formula is C9H18N2O3. The zero-order valence-electron chi connectivity index (χ0n) is 8.73. The van der Waals surface area contributed by atoms with Crippen molar-refractivity contribution in [3.63, 3.8) is 0 Å². The molecule has 0 spiro atoms. The molecule has 5 nitrogen and oxygen atoms in total. The first-order valence-corrected chi connectivity index (χ1v) is 4.78. The Morgan fingerprint density at radius 3 is 2.93 bits per heavy atom. The number of methoxy groups -OCH3 is 1. The lowest BCUT2D eigenvalue weighted by atomic mass is 10.1. The molecule has 1 fully saturated rings. The third-order valence-electron chi connectivity index (χ3n) is 2.67. The summed E-state index contributed by atoms with van der Waals surface area (Å²) in [6.45, 7) is 1.71. The van der Waals surface area contributed by atoms with Crippen molar-refractivity contribution in [1.29, 1.82) is 0 Å². The Morgan fingerprint density at radius 1 is 1.79 bits per heavy atom. The van der Waals surface area contributed by atoms with Gasteiger partial charge in [0.2, 0.25) is 0 Å². The predicted octanol–water partition coefficient (Wildman–Crippen LogP) is -0.793. The quantitative estimate of drug-likeness (QED) is 0.605. The van der Waals surface area contributed by atoms with Gasteiger partial charge in [-0.25, -0.2) is 0 Å². The Kier molecular flexibility index (Phi) is 4.31. The first kappa shape index (κ1) is 11.4. The molecule has 2 atom stereocenters. The fourth-order valence-corrected chi connectivity index (χ4v) is 1.66. The number of hydrogen-bond acceptors (Lipinski definition) is 5. The van der Waals surface area contributed by atoms with Gasteiger partial charge in [0.05, 0.1) is 13.7 Å². The Morgan fingerprint density at radius 2 is 2.50 bits per heavy atom. The van der Waals surface area contributed by atoms with E-state index in [1.54, 1.807) is 0 Å².